The molecular formula is C22H26N4O2. The van der Waals surface area contributed by atoms with Crippen LogP contribution in [0, 0.1) is 11.8 Å². The minimum atomic E-state index is -0.512. The lowest BCUT2D eigenvalue weighted by molar-refractivity contribution is -0.112. The van der Waals surface area contributed by atoms with Crippen LogP contribution in [0.5, 0.6) is 0 Å². The Morgan fingerprint density at radius 2 is 1.96 bits per heavy atom. The number of primary amides is 1. The second-order valence-electron chi connectivity index (χ2n) is 7.78. The molecule has 0 bridgehead atoms. The number of fused-ring (bicyclic) bond motifs is 1. The number of nitrogens with two attached hydrogens (primary N) is 1. The van der Waals surface area contributed by atoms with Crippen molar-refractivity contribution in [3.8, 4) is 0 Å². The molecule has 0 aliphatic carbocycles. The maximum atomic E-state index is 11.9. The van der Waals surface area contributed by atoms with E-state index < -0.39 is 5.91 Å². The summed E-state index contributed by atoms with van der Waals surface area (Å²) < 4.78 is 0. The van der Waals surface area contributed by atoms with Gasteiger partial charge in [-0.1, -0.05) is 30.3 Å². The fourth-order valence-electron chi connectivity index (χ4n) is 4.77. The lowest BCUT2D eigenvalue weighted by atomic mass is 9.95. The number of aromatic nitrogens is 1. The Morgan fingerprint density at radius 3 is 2.71 bits per heavy atom. The van der Waals surface area contributed by atoms with Crippen LogP contribution in [-0.2, 0) is 11.2 Å². The molecule has 2 aliphatic rings. The van der Waals surface area contributed by atoms with Gasteiger partial charge in [0, 0.05) is 31.7 Å². The summed E-state index contributed by atoms with van der Waals surface area (Å²) in [5.74, 6) is 0.199. The number of carbonyl (C=O) groups is 2. The van der Waals surface area contributed by atoms with Crippen molar-refractivity contribution in [2.45, 2.75) is 18.9 Å². The fraction of sp³-hybridized carbons (Fsp3) is 0.409. The van der Waals surface area contributed by atoms with Gasteiger partial charge in [0.2, 0.25) is 0 Å². The van der Waals surface area contributed by atoms with Gasteiger partial charge in [-0.2, -0.15) is 0 Å². The van der Waals surface area contributed by atoms with E-state index in [-0.39, 0.29) is 12.0 Å². The number of aldehydes is 1. The molecule has 3 heterocycles. The SMILES string of the molecule is NC(=O)c1ncccc1N1CC2CN(CCCc3ccccc3)[C@H](C=O)C2C1. The zero-order valence-electron chi connectivity index (χ0n) is 15.9. The van der Waals surface area contributed by atoms with E-state index in [1.54, 1.807) is 6.20 Å². The first kappa shape index (κ1) is 18.6. The summed E-state index contributed by atoms with van der Waals surface area (Å²) in [6.45, 7) is 3.45. The Balaban J connectivity index is 1.39. The largest absolute Gasteiger partial charge is 0.369 e. The highest BCUT2D eigenvalue weighted by Crippen LogP contribution is 2.38. The van der Waals surface area contributed by atoms with Crippen molar-refractivity contribution >= 4 is 17.9 Å². The van der Waals surface area contributed by atoms with Crippen molar-refractivity contribution in [2.24, 2.45) is 17.6 Å². The number of hydrogen-bond donors (Lipinski definition) is 1. The van der Waals surface area contributed by atoms with Crippen LogP contribution in [0.25, 0.3) is 0 Å². The molecule has 2 saturated heterocycles. The van der Waals surface area contributed by atoms with Crippen LogP contribution >= 0.6 is 0 Å². The molecule has 1 amide bonds. The van der Waals surface area contributed by atoms with Gasteiger partial charge in [-0.25, -0.2) is 4.98 Å². The quantitative estimate of drug-likeness (QED) is 0.743. The number of pyridine rings is 1. The van der Waals surface area contributed by atoms with Gasteiger partial charge >= 0.3 is 0 Å². The highest BCUT2D eigenvalue weighted by molar-refractivity contribution is 5.96. The second kappa shape index (κ2) is 8.10. The molecule has 1 aromatic carbocycles. The summed E-state index contributed by atoms with van der Waals surface area (Å²) in [5, 5.41) is 0. The third-order valence-corrected chi connectivity index (χ3v) is 6.07. The van der Waals surface area contributed by atoms with Gasteiger partial charge < -0.3 is 15.4 Å². The summed E-state index contributed by atoms with van der Waals surface area (Å²) in [4.78, 5) is 32.2. The van der Waals surface area contributed by atoms with E-state index in [2.05, 4.69) is 39.0 Å². The molecule has 28 heavy (non-hydrogen) atoms. The predicted molar refractivity (Wildman–Crippen MR) is 108 cm³/mol. The molecule has 1 aromatic heterocycles. The molecule has 2 N–H and O–H groups in total. The molecule has 2 aliphatic heterocycles. The third kappa shape index (κ3) is 3.64. The van der Waals surface area contributed by atoms with Gasteiger partial charge in [-0.3, -0.25) is 9.69 Å². The fourth-order valence-corrected chi connectivity index (χ4v) is 4.77. The van der Waals surface area contributed by atoms with Crippen LogP contribution < -0.4 is 10.6 Å². The summed E-state index contributed by atoms with van der Waals surface area (Å²) in [6.07, 6.45) is 4.77. The van der Waals surface area contributed by atoms with E-state index in [0.717, 1.165) is 51.0 Å². The number of aryl methyl sites for hydroxylation is 1. The normalized spacial score (nSPS) is 24.3. The second-order valence-corrected chi connectivity index (χ2v) is 7.78. The molecule has 0 saturated carbocycles. The van der Waals surface area contributed by atoms with Crippen LogP contribution in [0.15, 0.2) is 48.7 Å². The van der Waals surface area contributed by atoms with E-state index in [1.807, 2.05) is 18.2 Å². The molecule has 6 nitrogen and oxygen atoms in total. The molecule has 0 spiro atoms. The number of nitrogens with zero attached hydrogens (tertiary/aromatic N) is 3. The van der Waals surface area contributed by atoms with Gasteiger partial charge in [0.15, 0.2) is 5.69 Å². The average Bonchev–Trinajstić information content (AvgIpc) is 3.26. The number of hydrogen-bond acceptors (Lipinski definition) is 5. The lowest BCUT2D eigenvalue weighted by Crippen LogP contribution is -2.38. The van der Waals surface area contributed by atoms with E-state index in [9.17, 15) is 9.59 Å². The molecule has 6 heteroatoms. The lowest BCUT2D eigenvalue weighted by Gasteiger charge is -2.27. The van der Waals surface area contributed by atoms with E-state index in [4.69, 9.17) is 5.73 Å². The first-order valence-corrected chi connectivity index (χ1v) is 9.90. The predicted octanol–water partition coefficient (Wildman–Crippen LogP) is 1.75. The number of benzene rings is 1. The van der Waals surface area contributed by atoms with Gasteiger partial charge in [-0.15, -0.1) is 0 Å². The molecule has 4 rings (SSSR count). The third-order valence-electron chi connectivity index (χ3n) is 6.07. The van der Waals surface area contributed by atoms with E-state index in [1.165, 1.54) is 5.56 Å². The first-order valence-electron chi connectivity index (χ1n) is 9.90. The van der Waals surface area contributed by atoms with Gasteiger partial charge in [-0.05, 0) is 43.0 Å². The van der Waals surface area contributed by atoms with Crippen molar-refractivity contribution in [2.75, 3.05) is 31.1 Å². The molecule has 2 unspecified atom stereocenters. The topological polar surface area (TPSA) is 79.5 Å². The molecule has 2 fully saturated rings. The number of carbonyl (C=O) groups excluding carboxylic acids is 2. The molecule has 2 aromatic rings. The van der Waals surface area contributed by atoms with E-state index >= 15 is 0 Å². The minimum absolute atomic E-state index is 0.0560. The maximum absolute atomic E-state index is 11.9. The zero-order chi connectivity index (χ0) is 19.5. The zero-order valence-corrected chi connectivity index (χ0v) is 15.9. The Hall–Kier alpha value is -2.73. The number of amides is 1. The van der Waals surface area contributed by atoms with Gasteiger partial charge in [0.05, 0.1) is 11.7 Å². The van der Waals surface area contributed by atoms with Crippen molar-refractivity contribution in [1.29, 1.82) is 0 Å². The van der Waals surface area contributed by atoms with Crippen molar-refractivity contribution < 1.29 is 9.59 Å². The van der Waals surface area contributed by atoms with Crippen LogP contribution in [0.4, 0.5) is 5.69 Å². The number of anilines is 1. The maximum Gasteiger partial charge on any atom is 0.269 e. The highest BCUT2D eigenvalue weighted by atomic mass is 16.1. The Labute approximate surface area is 165 Å². The average molecular weight is 378 g/mol. The van der Waals surface area contributed by atoms with Crippen LogP contribution in [-0.4, -0.2) is 54.3 Å². The monoisotopic (exact) mass is 378 g/mol. The molecular weight excluding hydrogens is 352 g/mol. The first-order chi connectivity index (χ1) is 13.7. The molecule has 146 valence electrons. The number of rotatable bonds is 7. The van der Waals surface area contributed by atoms with Crippen molar-refractivity contribution in [1.82, 2.24) is 9.88 Å². The summed E-state index contributed by atoms with van der Waals surface area (Å²) in [7, 11) is 0. The van der Waals surface area contributed by atoms with Crippen LogP contribution in [0.2, 0.25) is 0 Å². The van der Waals surface area contributed by atoms with E-state index in [0.29, 0.717) is 11.6 Å². The van der Waals surface area contributed by atoms with Gasteiger partial charge in [0.25, 0.3) is 5.91 Å². The summed E-state index contributed by atoms with van der Waals surface area (Å²) in [6, 6.07) is 14.1. The minimum Gasteiger partial charge on any atom is -0.369 e. The Morgan fingerprint density at radius 1 is 1.14 bits per heavy atom. The Kier molecular flexibility index (Phi) is 5.39. The highest BCUT2D eigenvalue weighted by Gasteiger charge is 2.47. The van der Waals surface area contributed by atoms with Gasteiger partial charge in [0.1, 0.15) is 6.29 Å². The van der Waals surface area contributed by atoms with Crippen molar-refractivity contribution in [3.05, 3.63) is 59.9 Å². The van der Waals surface area contributed by atoms with Crippen molar-refractivity contribution in [3.63, 3.8) is 0 Å². The van der Waals surface area contributed by atoms with Crippen LogP contribution in [0.1, 0.15) is 22.5 Å². The molecule has 3 atom stereocenters. The van der Waals surface area contributed by atoms with Crippen LogP contribution in [0.3, 0.4) is 0 Å². The Bertz CT molecular complexity index is 841. The summed E-state index contributed by atoms with van der Waals surface area (Å²) >= 11 is 0. The molecule has 0 radical (unpaired) electrons. The number of likely N-dealkylation sites (tertiary alicyclic amines) is 1. The summed E-state index contributed by atoms with van der Waals surface area (Å²) in [5.41, 5.74) is 7.92. The smallest absolute Gasteiger partial charge is 0.269 e. The standard InChI is InChI=1S/C22H26N4O2/c23-22(28)21-19(9-4-10-24-21)26-13-17-12-25(20(15-27)18(17)14-26)11-5-8-16-6-2-1-3-7-16/h1-4,6-7,9-10,15,17-18,20H,5,8,11-14H2,(H2,23,28)/t17?,18?,20-/m1/s1.